The number of hydrogen-bond donors (Lipinski definition) is 1. The highest BCUT2D eigenvalue weighted by Gasteiger charge is 2.23. The van der Waals surface area contributed by atoms with E-state index in [2.05, 4.69) is 57.3 Å². The van der Waals surface area contributed by atoms with Gasteiger partial charge in [-0.15, -0.1) is 0 Å². The Morgan fingerprint density at radius 2 is 2.22 bits per heavy atom. The van der Waals surface area contributed by atoms with Crippen LogP contribution in [-0.4, -0.2) is 48.1 Å². The molecule has 0 aromatic carbocycles. The Morgan fingerprint density at radius 3 is 2.91 bits per heavy atom. The van der Waals surface area contributed by atoms with Crippen LogP contribution in [0.25, 0.3) is 0 Å². The second kappa shape index (κ2) is 7.53. The van der Waals surface area contributed by atoms with Crippen LogP contribution in [0.4, 0.5) is 5.82 Å². The first-order valence-corrected chi connectivity index (χ1v) is 8.28. The predicted molar refractivity (Wildman–Crippen MR) is 93.4 cm³/mol. The van der Waals surface area contributed by atoms with Crippen molar-refractivity contribution in [2.24, 2.45) is 0 Å². The molecule has 0 aliphatic carbocycles. The Morgan fingerprint density at radius 1 is 1.30 bits per heavy atom. The summed E-state index contributed by atoms with van der Waals surface area (Å²) >= 11 is 0. The van der Waals surface area contributed by atoms with Crippen molar-refractivity contribution < 1.29 is 0 Å². The van der Waals surface area contributed by atoms with Crippen LogP contribution in [0.2, 0.25) is 0 Å². The van der Waals surface area contributed by atoms with Gasteiger partial charge < -0.3 is 10.2 Å². The van der Waals surface area contributed by atoms with Crippen molar-refractivity contribution in [3.8, 4) is 0 Å². The van der Waals surface area contributed by atoms with E-state index in [4.69, 9.17) is 0 Å². The first kappa shape index (κ1) is 15.9. The van der Waals surface area contributed by atoms with Gasteiger partial charge >= 0.3 is 0 Å². The Kier molecular flexibility index (Phi) is 5.20. The molecule has 3 rings (SSSR count). The zero-order chi connectivity index (χ0) is 16.1. The molecule has 2 aromatic rings. The molecule has 0 amide bonds. The van der Waals surface area contributed by atoms with Crippen molar-refractivity contribution in [1.82, 2.24) is 20.2 Å². The molecule has 1 atom stereocenters. The van der Waals surface area contributed by atoms with Crippen LogP contribution >= 0.6 is 0 Å². The predicted octanol–water partition coefficient (Wildman–Crippen LogP) is 2.08. The lowest BCUT2D eigenvalue weighted by Crippen LogP contribution is -2.45. The van der Waals surface area contributed by atoms with Crippen molar-refractivity contribution in [1.29, 1.82) is 0 Å². The average Bonchev–Trinajstić information content (AvgIpc) is 2.63. The SMILES string of the molecule is CCN(C)c1ccc(CN2CCNCC2c2cccnc2)cn1. The molecule has 0 radical (unpaired) electrons. The smallest absolute Gasteiger partial charge is 0.128 e. The second-order valence-corrected chi connectivity index (χ2v) is 6.02. The van der Waals surface area contributed by atoms with E-state index >= 15 is 0 Å². The van der Waals surface area contributed by atoms with E-state index in [-0.39, 0.29) is 0 Å². The Bertz CT molecular complexity index is 599. The highest BCUT2D eigenvalue weighted by Crippen LogP contribution is 2.23. The summed E-state index contributed by atoms with van der Waals surface area (Å²) in [6, 6.07) is 8.85. The number of hydrogen-bond acceptors (Lipinski definition) is 5. The largest absolute Gasteiger partial charge is 0.360 e. The number of nitrogens with one attached hydrogen (secondary N) is 1. The van der Waals surface area contributed by atoms with E-state index in [0.717, 1.165) is 38.5 Å². The molecule has 3 heterocycles. The second-order valence-electron chi connectivity index (χ2n) is 6.02. The molecular weight excluding hydrogens is 286 g/mol. The van der Waals surface area contributed by atoms with Crippen LogP contribution in [0, 0.1) is 0 Å². The van der Waals surface area contributed by atoms with E-state index < -0.39 is 0 Å². The van der Waals surface area contributed by atoms with Gasteiger partial charge in [-0.1, -0.05) is 12.1 Å². The highest BCUT2D eigenvalue weighted by atomic mass is 15.2. The first-order valence-electron chi connectivity index (χ1n) is 8.28. The van der Waals surface area contributed by atoms with Crippen molar-refractivity contribution in [3.05, 3.63) is 54.0 Å². The monoisotopic (exact) mass is 311 g/mol. The van der Waals surface area contributed by atoms with Crippen molar-refractivity contribution in [2.75, 3.05) is 38.1 Å². The van der Waals surface area contributed by atoms with Crippen LogP contribution < -0.4 is 10.2 Å². The molecule has 5 nitrogen and oxygen atoms in total. The van der Waals surface area contributed by atoms with Crippen molar-refractivity contribution in [3.63, 3.8) is 0 Å². The summed E-state index contributed by atoms with van der Waals surface area (Å²) in [5.41, 5.74) is 2.53. The maximum absolute atomic E-state index is 4.58. The topological polar surface area (TPSA) is 44.3 Å². The zero-order valence-corrected chi connectivity index (χ0v) is 13.9. The molecule has 0 bridgehead atoms. The summed E-state index contributed by atoms with van der Waals surface area (Å²) in [5.74, 6) is 1.03. The molecule has 0 saturated carbocycles. The fourth-order valence-electron chi connectivity index (χ4n) is 2.97. The van der Waals surface area contributed by atoms with Crippen LogP contribution in [-0.2, 0) is 6.54 Å². The number of nitrogens with zero attached hydrogens (tertiary/aromatic N) is 4. The van der Waals surface area contributed by atoms with Gasteiger partial charge in [-0.3, -0.25) is 9.88 Å². The minimum absolute atomic E-state index is 0.371. The number of pyridine rings is 2. The third kappa shape index (κ3) is 3.86. The molecule has 1 saturated heterocycles. The van der Waals surface area contributed by atoms with Gasteiger partial charge in [-0.2, -0.15) is 0 Å². The van der Waals surface area contributed by atoms with Gasteiger partial charge in [0.05, 0.1) is 0 Å². The van der Waals surface area contributed by atoms with Gasteiger partial charge in [0.2, 0.25) is 0 Å². The Labute approximate surface area is 138 Å². The maximum Gasteiger partial charge on any atom is 0.128 e. The molecule has 5 heteroatoms. The normalized spacial score (nSPS) is 18.8. The first-order chi connectivity index (χ1) is 11.3. The highest BCUT2D eigenvalue weighted by molar-refractivity contribution is 5.38. The van der Waals surface area contributed by atoms with Crippen molar-refractivity contribution >= 4 is 5.82 Å². The van der Waals surface area contributed by atoms with E-state index in [1.807, 2.05) is 24.7 Å². The van der Waals surface area contributed by atoms with E-state index in [0.29, 0.717) is 6.04 Å². The van der Waals surface area contributed by atoms with E-state index in [1.54, 1.807) is 0 Å². The lowest BCUT2D eigenvalue weighted by atomic mass is 10.0. The quantitative estimate of drug-likeness (QED) is 0.916. The van der Waals surface area contributed by atoms with Crippen molar-refractivity contribution in [2.45, 2.75) is 19.5 Å². The average molecular weight is 311 g/mol. The standard InChI is InChI=1S/C18H25N5/c1-3-22(2)18-7-6-15(11-21-18)14-23-10-9-20-13-17(23)16-5-4-8-19-12-16/h4-8,11-12,17,20H,3,9-10,13-14H2,1-2H3. The summed E-state index contributed by atoms with van der Waals surface area (Å²) in [7, 11) is 2.07. The summed E-state index contributed by atoms with van der Waals surface area (Å²) in [6.45, 7) is 7.05. The lowest BCUT2D eigenvalue weighted by molar-refractivity contribution is 0.153. The molecular formula is C18H25N5. The third-order valence-corrected chi connectivity index (χ3v) is 4.48. The lowest BCUT2D eigenvalue weighted by Gasteiger charge is -2.36. The summed E-state index contributed by atoms with van der Waals surface area (Å²) in [5, 5.41) is 3.49. The Balaban J connectivity index is 1.72. The van der Waals surface area contributed by atoms with Gasteiger partial charge in [0.15, 0.2) is 0 Å². The van der Waals surface area contributed by atoms with Gasteiger partial charge in [0.1, 0.15) is 5.82 Å². The number of aromatic nitrogens is 2. The summed E-state index contributed by atoms with van der Waals surface area (Å²) in [4.78, 5) is 13.5. The molecule has 1 aliphatic heterocycles. The fourth-order valence-corrected chi connectivity index (χ4v) is 2.97. The minimum Gasteiger partial charge on any atom is -0.360 e. The van der Waals surface area contributed by atoms with Crippen LogP contribution in [0.1, 0.15) is 24.1 Å². The molecule has 1 fully saturated rings. The molecule has 2 aromatic heterocycles. The van der Waals surface area contributed by atoms with Gasteiger partial charge in [0, 0.05) is 64.4 Å². The molecule has 23 heavy (non-hydrogen) atoms. The van der Waals surface area contributed by atoms with E-state index in [9.17, 15) is 0 Å². The molecule has 1 aliphatic rings. The molecule has 0 spiro atoms. The van der Waals surface area contributed by atoms with Crippen LogP contribution in [0.15, 0.2) is 42.9 Å². The summed E-state index contributed by atoms with van der Waals surface area (Å²) < 4.78 is 0. The maximum atomic E-state index is 4.58. The minimum atomic E-state index is 0.371. The van der Waals surface area contributed by atoms with E-state index in [1.165, 1.54) is 11.1 Å². The molecule has 1 N–H and O–H groups in total. The van der Waals surface area contributed by atoms with Gasteiger partial charge in [-0.05, 0) is 30.2 Å². The third-order valence-electron chi connectivity index (χ3n) is 4.48. The number of rotatable bonds is 5. The van der Waals surface area contributed by atoms with Gasteiger partial charge in [0.25, 0.3) is 0 Å². The fraction of sp³-hybridized carbons (Fsp3) is 0.444. The number of piperazine rings is 1. The zero-order valence-electron chi connectivity index (χ0n) is 13.9. The number of anilines is 1. The molecule has 122 valence electrons. The Hall–Kier alpha value is -1.98. The van der Waals surface area contributed by atoms with Crippen LogP contribution in [0.5, 0.6) is 0 Å². The summed E-state index contributed by atoms with van der Waals surface area (Å²) in [6.07, 6.45) is 5.81. The van der Waals surface area contributed by atoms with Gasteiger partial charge in [-0.25, -0.2) is 4.98 Å². The molecule has 1 unspecified atom stereocenters. The van der Waals surface area contributed by atoms with Crippen LogP contribution in [0.3, 0.4) is 0 Å².